The lowest BCUT2D eigenvalue weighted by atomic mass is 10.2. The van der Waals surface area contributed by atoms with Crippen molar-refractivity contribution in [2.75, 3.05) is 18.3 Å². The first-order valence-electron chi connectivity index (χ1n) is 8.29. The van der Waals surface area contributed by atoms with Gasteiger partial charge in [-0.3, -0.25) is 4.79 Å². The van der Waals surface area contributed by atoms with Gasteiger partial charge in [-0.2, -0.15) is 0 Å². The Morgan fingerprint density at radius 1 is 1.19 bits per heavy atom. The van der Waals surface area contributed by atoms with Crippen LogP contribution < -0.4 is 20.5 Å². The molecule has 1 aromatic heterocycles. The van der Waals surface area contributed by atoms with Crippen molar-refractivity contribution in [3.8, 4) is 22.8 Å². The molecular formula is C19H17N3O3S2. The summed E-state index contributed by atoms with van der Waals surface area (Å²) in [6.07, 6.45) is 0. The third-order valence-corrected chi connectivity index (χ3v) is 5.96. The van der Waals surface area contributed by atoms with E-state index >= 15 is 0 Å². The fourth-order valence-corrected chi connectivity index (χ4v) is 4.39. The minimum Gasteiger partial charge on any atom is -0.454 e. The molecular weight excluding hydrogens is 382 g/mol. The van der Waals surface area contributed by atoms with Gasteiger partial charge in [-0.05, 0) is 17.7 Å². The van der Waals surface area contributed by atoms with E-state index in [0.717, 1.165) is 26.9 Å². The molecule has 4 rings (SSSR count). The summed E-state index contributed by atoms with van der Waals surface area (Å²) < 4.78 is 11.4. The summed E-state index contributed by atoms with van der Waals surface area (Å²) in [6, 6.07) is 15.4. The van der Waals surface area contributed by atoms with Crippen LogP contribution in [-0.4, -0.2) is 23.4 Å². The van der Waals surface area contributed by atoms with Crippen molar-refractivity contribution in [2.24, 2.45) is 0 Å². The number of nitrogens with zero attached hydrogens (tertiary/aromatic N) is 1. The first kappa shape index (κ1) is 17.7. The zero-order valence-corrected chi connectivity index (χ0v) is 15.9. The van der Waals surface area contributed by atoms with Crippen molar-refractivity contribution in [2.45, 2.75) is 10.9 Å². The van der Waals surface area contributed by atoms with Gasteiger partial charge >= 0.3 is 0 Å². The number of hydrogen-bond acceptors (Lipinski definition) is 7. The number of fused-ring (bicyclic) bond motifs is 1. The molecule has 0 atom stereocenters. The van der Waals surface area contributed by atoms with Crippen LogP contribution in [0.3, 0.4) is 0 Å². The van der Waals surface area contributed by atoms with Crippen LogP contribution >= 0.6 is 23.1 Å². The highest BCUT2D eigenvalue weighted by atomic mass is 32.2. The summed E-state index contributed by atoms with van der Waals surface area (Å²) in [7, 11) is 0. The van der Waals surface area contributed by atoms with Crippen LogP contribution in [0, 0.1) is 0 Å². The van der Waals surface area contributed by atoms with Gasteiger partial charge in [0.2, 0.25) is 12.7 Å². The third kappa shape index (κ3) is 4.17. The van der Waals surface area contributed by atoms with Gasteiger partial charge in [-0.1, -0.05) is 59.5 Å². The Morgan fingerprint density at radius 2 is 2.00 bits per heavy atom. The zero-order chi connectivity index (χ0) is 18.6. The molecule has 0 saturated carbocycles. The standard InChI is InChI=1S/C19H17N3O3S2/c20-18-17(13-4-2-1-3-5-13)22-19(27-18)26-10-16(23)21-9-12-6-7-14-15(8-12)25-11-24-14/h1-8H,9-11,20H2,(H,21,23). The lowest BCUT2D eigenvalue weighted by Gasteiger charge is -2.05. The molecule has 1 amide bonds. The molecule has 6 nitrogen and oxygen atoms in total. The van der Waals surface area contributed by atoms with Gasteiger partial charge in [0.1, 0.15) is 10.7 Å². The molecule has 0 spiro atoms. The van der Waals surface area contributed by atoms with Gasteiger partial charge in [0.15, 0.2) is 15.8 Å². The molecule has 1 aliphatic heterocycles. The van der Waals surface area contributed by atoms with E-state index in [2.05, 4.69) is 10.3 Å². The highest BCUT2D eigenvalue weighted by Crippen LogP contribution is 2.35. The second-order valence-corrected chi connectivity index (χ2v) is 8.06. The summed E-state index contributed by atoms with van der Waals surface area (Å²) in [4.78, 5) is 16.7. The van der Waals surface area contributed by atoms with Crippen LogP contribution in [0.2, 0.25) is 0 Å². The molecule has 2 aromatic carbocycles. The van der Waals surface area contributed by atoms with Crippen LogP contribution in [0.25, 0.3) is 11.3 Å². The number of nitrogens with one attached hydrogen (secondary N) is 1. The number of thiazole rings is 1. The minimum absolute atomic E-state index is 0.0623. The highest BCUT2D eigenvalue weighted by Gasteiger charge is 2.14. The second-order valence-electron chi connectivity index (χ2n) is 5.81. The number of ether oxygens (including phenoxy) is 2. The maximum atomic E-state index is 12.1. The number of amides is 1. The molecule has 0 bridgehead atoms. The van der Waals surface area contributed by atoms with Crippen LogP contribution in [-0.2, 0) is 11.3 Å². The number of rotatable bonds is 6. The largest absolute Gasteiger partial charge is 0.454 e. The molecule has 27 heavy (non-hydrogen) atoms. The number of nitrogen functional groups attached to an aromatic ring is 1. The molecule has 0 unspecified atom stereocenters. The number of carbonyl (C=O) groups excluding carboxylic acids is 1. The zero-order valence-electron chi connectivity index (χ0n) is 14.3. The summed E-state index contributed by atoms with van der Waals surface area (Å²) in [5.41, 5.74) is 8.78. The fraction of sp³-hybridized carbons (Fsp3) is 0.158. The van der Waals surface area contributed by atoms with Gasteiger partial charge in [-0.25, -0.2) is 4.98 Å². The van der Waals surface area contributed by atoms with E-state index in [1.54, 1.807) is 0 Å². The topological polar surface area (TPSA) is 86.5 Å². The predicted molar refractivity (Wildman–Crippen MR) is 107 cm³/mol. The van der Waals surface area contributed by atoms with Crippen LogP contribution in [0.1, 0.15) is 5.56 Å². The van der Waals surface area contributed by atoms with Crippen molar-refractivity contribution in [1.82, 2.24) is 10.3 Å². The quantitative estimate of drug-likeness (QED) is 0.617. The van der Waals surface area contributed by atoms with Crippen molar-refractivity contribution >= 4 is 34.0 Å². The van der Waals surface area contributed by atoms with Gasteiger partial charge in [0.05, 0.1) is 5.75 Å². The van der Waals surface area contributed by atoms with Crippen molar-refractivity contribution in [3.63, 3.8) is 0 Å². The number of nitrogens with two attached hydrogens (primary N) is 1. The van der Waals surface area contributed by atoms with E-state index in [9.17, 15) is 4.79 Å². The van der Waals surface area contributed by atoms with Gasteiger partial charge < -0.3 is 20.5 Å². The molecule has 3 N–H and O–H groups in total. The number of aromatic nitrogens is 1. The average Bonchev–Trinajstić information content (AvgIpc) is 3.31. The monoisotopic (exact) mass is 399 g/mol. The number of benzene rings is 2. The van der Waals surface area contributed by atoms with E-state index in [4.69, 9.17) is 15.2 Å². The fourth-order valence-electron chi connectivity index (χ4n) is 2.61. The molecule has 0 fully saturated rings. The van der Waals surface area contributed by atoms with Gasteiger partial charge in [0.25, 0.3) is 0 Å². The lowest BCUT2D eigenvalue weighted by Crippen LogP contribution is -2.24. The minimum atomic E-state index is -0.0623. The smallest absolute Gasteiger partial charge is 0.231 e. The van der Waals surface area contributed by atoms with Crippen molar-refractivity contribution in [3.05, 3.63) is 54.1 Å². The first-order chi connectivity index (χ1) is 13.2. The number of carbonyl (C=O) groups is 1. The molecule has 0 radical (unpaired) electrons. The maximum Gasteiger partial charge on any atom is 0.231 e. The molecule has 3 aromatic rings. The molecule has 2 heterocycles. The van der Waals surface area contributed by atoms with E-state index in [1.165, 1.54) is 23.1 Å². The van der Waals surface area contributed by atoms with Crippen LogP contribution in [0.15, 0.2) is 52.9 Å². The van der Waals surface area contributed by atoms with Gasteiger partial charge in [-0.15, -0.1) is 0 Å². The Balaban J connectivity index is 1.31. The van der Waals surface area contributed by atoms with E-state index in [1.807, 2.05) is 48.5 Å². The van der Waals surface area contributed by atoms with Crippen molar-refractivity contribution in [1.29, 1.82) is 0 Å². The molecule has 8 heteroatoms. The summed E-state index contributed by atoms with van der Waals surface area (Å²) >= 11 is 2.78. The average molecular weight is 399 g/mol. The third-order valence-electron chi connectivity index (χ3n) is 3.93. The lowest BCUT2D eigenvalue weighted by molar-refractivity contribution is -0.118. The first-order valence-corrected chi connectivity index (χ1v) is 10.1. The Labute approximate surface area is 164 Å². The van der Waals surface area contributed by atoms with E-state index in [0.29, 0.717) is 17.3 Å². The predicted octanol–water partition coefficient (Wildman–Crippen LogP) is 3.53. The Bertz CT molecular complexity index is 960. The Hall–Kier alpha value is -2.71. The molecule has 138 valence electrons. The summed E-state index contributed by atoms with van der Waals surface area (Å²) in [6.45, 7) is 0.676. The SMILES string of the molecule is Nc1sc(SCC(=O)NCc2ccc3c(c2)OCO3)nc1-c1ccccc1. The Morgan fingerprint density at radius 3 is 2.85 bits per heavy atom. The van der Waals surface area contributed by atoms with Crippen molar-refractivity contribution < 1.29 is 14.3 Å². The summed E-state index contributed by atoms with van der Waals surface area (Å²) in [5, 5.41) is 3.56. The maximum absolute atomic E-state index is 12.1. The van der Waals surface area contributed by atoms with Crippen LogP contribution in [0.4, 0.5) is 5.00 Å². The molecule has 1 aliphatic rings. The number of anilines is 1. The Kier molecular flexibility index (Phi) is 5.17. The second kappa shape index (κ2) is 7.89. The van der Waals surface area contributed by atoms with Crippen LogP contribution in [0.5, 0.6) is 11.5 Å². The van der Waals surface area contributed by atoms with E-state index in [-0.39, 0.29) is 18.5 Å². The van der Waals surface area contributed by atoms with E-state index < -0.39 is 0 Å². The normalized spacial score (nSPS) is 12.1. The van der Waals surface area contributed by atoms with Gasteiger partial charge in [0, 0.05) is 12.1 Å². The molecule has 0 aliphatic carbocycles. The number of thioether (sulfide) groups is 1. The summed E-state index contributed by atoms with van der Waals surface area (Å²) in [5.74, 6) is 1.66. The molecule has 0 saturated heterocycles. The highest BCUT2D eigenvalue weighted by molar-refractivity contribution is 8.01. The number of hydrogen-bond donors (Lipinski definition) is 2.